The largest absolute Gasteiger partial charge is 0.497 e. The molecule has 7 heteroatoms. The Hall–Kier alpha value is -2.16. The van der Waals surface area contributed by atoms with E-state index >= 15 is 0 Å². The van der Waals surface area contributed by atoms with Crippen molar-refractivity contribution in [1.82, 2.24) is 10.6 Å². The van der Waals surface area contributed by atoms with Gasteiger partial charge in [-0.2, -0.15) is 0 Å². The number of para-hydroxylation sites is 1. The lowest BCUT2D eigenvalue weighted by atomic mass is 10.3. The van der Waals surface area contributed by atoms with E-state index in [-0.39, 0.29) is 24.0 Å². The first-order valence-corrected chi connectivity index (χ1v) is 8.21. The number of methoxy groups -OCH3 is 1. The molecule has 2 aromatic rings. The minimum Gasteiger partial charge on any atom is -0.497 e. The van der Waals surface area contributed by atoms with Crippen LogP contribution in [0.3, 0.4) is 0 Å². The summed E-state index contributed by atoms with van der Waals surface area (Å²) in [5, 5.41) is 6.39. The number of aliphatic imine (C=N–C) groups is 1. The Balaban J connectivity index is 0.00000338. The van der Waals surface area contributed by atoms with Crippen molar-refractivity contribution in [3.8, 4) is 17.2 Å². The Morgan fingerprint density at radius 1 is 0.808 bits per heavy atom. The van der Waals surface area contributed by atoms with Crippen molar-refractivity contribution >= 4 is 29.9 Å². The van der Waals surface area contributed by atoms with Crippen LogP contribution in [-0.2, 0) is 0 Å². The summed E-state index contributed by atoms with van der Waals surface area (Å²) in [6.45, 7) is 2.40. The van der Waals surface area contributed by atoms with Crippen molar-refractivity contribution in [2.24, 2.45) is 4.99 Å². The SMILES string of the molecule is CN=C(NCCOc1ccccc1)NCCOc1ccc(OC)cc1.I. The molecule has 0 atom stereocenters. The van der Waals surface area contributed by atoms with Gasteiger partial charge in [-0.3, -0.25) is 4.99 Å². The molecular formula is C19H26IN3O3. The molecule has 0 aliphatic carbocycles. The molecule has 0 saturated carbocycles. The van der Waals surface area contributed by atoms with Gasteiger partial charge in [0.05, 0.1) is 20.2 Å². The zero-order valence-corrected chi connectivity index (χ0v) is 17.4. The summed E-state index contributed by atoms with van der Waals surface area (Å²) in [5.74, 6) is 3.20. The second kappa shape index (κ2) is 13.1. The summed E-state index contributed by atoms with van der Waals surface area (Å²) in [7, 11) is 3.38. The van der Waals surface area contributed by atoms with Crippen molar-refractivity contribution in [3.05, 3.63) is 54.6 Å². The van der Waals surface area contributed by atoms with Crippen LogP contribution in [0.2, 0.25) is 0 Å². The van der Waals surface area contributed by atoms with E-state index in [1.807, 2.05) is 54.6 Å². The first-order valence-electron chi connectivity index (χ1n) is 8.21. The van der Waals surface area contributed by atoms with Crippen molar-refractivity contribution in [3.63, 3.8) is 0 Å². The Bertz CT molecular complexity index is 636. The quantitative estimate of drug-likeness (QED) is 0.255. The average Bonchev–Trinajstić information content (AvgIpc) is 2.68. The van der Waals surface area contributed by atoms with Crippen LogP contribution < -0.4 is 24.8 Å². The molecular weight excluding hydrogens is 445 g/mol. The molecule has 142 valence electrons. The van der Waals surface area contributed by atoms with Gasteiger partial charge < -0.3 is 24.8 Å². The Morgan fingerprint density at radius 3 is 1.81 bits per heavy atom. The number of hydrogen-bond donors (Lipinski definition) is 2. The summed E-state index contributed by atoms with van der Waals surface area (Å²) < 4.78 is 16.4. The molecule has 2 N–H and O–H groups in total. The van der Waals surface area contributed by atoms with E-state index in [1.54, 1.807) is 14.2 Å². The monoisotopic (exact) mass is 471 g/mol. The number of benzene rings is 2. The minimum atomic E-state index is 0. The smallest absolute Gasteiger partial charge is 0.191 e. The molecule has 0 spiro atoms. The number of halogens is 1. The molecule has 0 amide bonds. The maximum atomic E-state index is 5.66. The van der Waals surface area contributed by atoms with Gasteiger partial charge >= 0.3 is 0 Å². The third-order valence-electron chi connectivity index (χ3n) is 3.35. The molecule has 0 bridgehead atoms. The van der Waals surface area contributed by atoms with Gasteiger partial charge in [0.1, 0.15) is 30.5 Å². The topological polar surface area (TPSA) is 64.1 Å². The molecule has 0 aliphatic rings. The van der Waals surface area contributed by atoms with Gasteiger partial charge in [-0.1, -0.05) is 18.2 Å². The molecule has 0 saturated heterocycles. The molecule has 0 aromatic heterocycles. The zero-order valence-electron chi connectivity index (χ0n) is 15.1. The second-order valence-electron chi connectivity index (χ2n) is 5.11. The van der Waals surface area contributed by atoms with E-state index in [2.05, 4.69) is 15.6 Å². The highest BCUT2D eigenvalue weighted by Crippen LogP contribution is 2.16. The van der Waals surface area contributed by atoms with Crippen LogP contribution in [0.4, 0.5) is 0 Å². The summed E-state index contributed by atoms with van der Waals surface area (Å²) in [4.78, 5) is 4.17. The van der Waals surface area contributed by atoms with E-state index in [4.69, 9.17) is 14.2 Å². The summed E-state index contributed by atoms with van der Waals surface area (Å²) in [6.07, 6.45) is 0. The van der Waals surface area contributed by atoms with Gasteiger partial charge in [0.25, 0.3) is 0 Å². The van der Waals surface area contributed by atoms with Gasteiger partial charge in [-0.15, -0.1) is 24.0 Å². The molecule has 0 aliphatic heterocycles. The van der Waals surface area contributed by atoms with Gasteiger partial charge in [-0.05, 0) is 36.4 Å². The fourth-order valence-corrected chi connectivity index (χ4v) is 2.09. The number of nitrogens with one attached hydrogen (secondary N) is 2. The third-order valence-corrected chi connectivity index (χ3v) is 3.35. The first-order chi connectivity index (χ1) is 12.3. The number of rotatable bonds is 9. The summed E-state index contributed by atoms with van der Waals surface area (Å²) in [5.41, 5.74) is 0. The van der Waals surface area contributed by atoms with Gasteiger partial charge in [0.15, 0.2) is 5.96 Å². The first kappa shape index (κ1) is 21.9. The van der Waals surface area contributed by atoms with Crippen LogP contribution in [0.1, 0.15) is 0 Å². The van der Waals surface area contributed by atoms with Crippen molar-refractivity contribution in [2.45, 2.75) is 0 Å². The highest BCUT2D eigenvalue weighted by Gasteiger charge is 1.99. The van der Waals surface area contributed by atoms with E-state index in [1.165, 1.54) is 0 Å². The van der Waals surface area contributed by atoms with Gasteiger partial charge in [0, 0.05) is 7.05 Å². The van der Waals surface area contributed by atoms with Crippen LogP contribution in [-0.4, -0.2) is 46.4 Å². The van der Waals surface area contributed by atoms with E-state index in [0.717, 1.165) is 23.2 Å². The Labute approximate surface area is 172 Å². The highest BCUT2D eigenvalue weighted by atomic mass is 127. The van der Waals surface area contributed by atoms with Crippen LogP contribution in [0.5, 0.6) is 17.2 Å². The van der Waals surface area contributed by atoms with Gasteiger partial charge in [-0.25, -0.2) is 0 Å². The van der Waals surface area contributed by atoms with Crippen LogP contribution in [0.25, 0.3) is 0 Å². The third kappa shape index (κ3) is 8.28. The predicted molar refractivity (Wildman–Crippen MR) is 115 cm³/mol. The minimum absolute atomic E-state index is 0. The molecule has 0 heterocycles. The maximum Gasteiger partial charge on any atom is 0.191 e. The number of guanidine groups is 1. The molecule has 0 fully saturated rings. The molecule has 2 aromatic carbocycles. The Morgan fingerprint density at radius 2 is 1.31 bits per heavy atom. The number of hydrogen-bond acceptors (Lipinski definition) is 4. The van der Waals surface area contributed by atoms with Crippen molar-refractivity contribution in [1.29, 1.82) is 0 Å². The van der Waals surface area contributed by atoms with Crippen molar-refractivity contribution in [2.75, 3.05) is 40.5 Å². The normalized spacial score (nSPS) is 10.5. The average molecular weight is 471 g/mol. The van der Waals surface area contributed by atoms with Crippen LogP contribution >= 0.6 is 24.0 Å². The maximum absolute atomic E-state index is 5.66. The standard InChI is InChI=1S/C19H25N3O3.HI/c1-20-19(21-12-14-24-17-6-4-3-5-7-17)22-13-15-25-18-10-8-16(23-2)9-11-18;/h3-11H,12-15H2,1-2H3,(H2,20,21,22);1H. The Kier molecular flexibility index (Phi) is 11.0. The second-order valence-corrected chi connectivity index (χ2v) is 5.11. The number of nitrogens with zero attached hydrogens (tertiary/aromatic N) is 1. The van der Waals surface area contributed by atoms with E-state index < -0.39 is 0 Å². The van der Waals surface area contributed by atoms with Crippen LogP contribution in [0, 0.1) is 0 Å². The predicted octanol–water partition coefficient (Wildman–Crippen LogP) is 2.94. The number of ether oxygens (including phenoxy) is 3. The van der Waals surface area contributed by atoms with Gasteiger partial charge in [0.2, 0.25) is 0 Å². The zero-order chi connectivity index (χ0) is 17.7. The highest BCUT2D eigenvalue weighted by molar-refractivity contribution is 14.0. The van der Waals surface area contributed by atoms with E-state index in [0.29, 0.717) is 26.3 Å². The summed E-state index contributed by atoms with van der Waals surface area (Å²) >= 11 is 0. The molecule has 6 nitrogen and oxygen atoms in total. The lowest BCUT2D eigenvalue weighted by Gasteiger charge is -2.13. The fourth-order valence-electron chi connectivity index (χ4n) is 2.09. The van der Waals surface area contributed by atoms with E-state index in [9.17, 15) is 0 Å². The van der Waals surface area contributed by atoms with Crippen LogP contribution in [0.15, 0.2) is 59.6 Å². The molecule has 26 heavy (non-hydrogen) atoms. The fraction of sp³-hybridized carbons (Fsp3) is 0.316. The lowest BCUT2D eigenvalue weighted by Crippen LogP contribution is -2.40. The lowest BCUT2D eigenvalue weighted by molar-refractivity contribution is 0.316. The molecule has 0 radical (unpaired) electrons. The molecule has 2 rings (SSSR count). The summed E-state index contributed by atoms with van der Waals surface area (Å²) in [6, 6.07) is 17.2. The molecule has 0 unspecified atom stereocenters. The van der Waals surface area contributed by atoms with Crippen molar-refractivity contribution < 1.29 is 14.2 Å².